The molecule has 10 heteroatoms. The number of carbonyl (C=O) groups is 1. The maximum absolute atomic E-state index is 14.4. The number of carbonyl (C=O) groups excluding carboxylic acids is 1. The summed E-state index contributed by atoms with van der Waals surface area (Å²) in [7, 11) is 1.75. The molecule has 1 spiro atoms. The number of hydrogen-bond acceptors (Lipinski definition) is 7. The summed E-state index contributed by atoms with van der Waals surface area (Å²) in [5.74, 6) is -2.55. The van der Waals surface area contributed by atoms with Gasteiger partial charge in [-0.1, -0.05) is 12.1 Å². The van der Waals surface area contributed by atoms with Crippen LogP contribution in [0.5, 0.6) is 0 Å². The molecule has 1 aromatic rings. The number of hydrazine groups is 1. The van der Waals surface area contributed by atoms with Gasteiger partial charge in [-0.3, -0.25) is 15.0 Å². The third-order valence-electron chi connectivity index (χ3n) is 7.74. The quantitative estimate of drug-likeness (QED) is 0.527. The lowest BCUT2D eigenvalue weighted by Gasteiger charge is -2.49. The number of halogens is 2. The van der Waals surface area contributed by atoms with Gasteiger partial charge in [-0.05, 0) is 25.8 Å². The summed E-state index contributed by atoms with van der Waals surface area (Å²) in [4.78, 5) is 17.2. The van der Waals surface area contributed by atoms with E-state index in [2.05, 4.69) is 21.1 Å². The van der Waals surface area contributed by atoms with Crippen molar-refractivity contribution < 1.29 is 18.3 Å². The van der Waals surface area contributed by atoms with E-state index < -0.39 is 29.8 Å². The Morgan fingerprint density at radius 1 is 1.23 bits per heavy atom. The standard InChI is InChI=1S/C21H30F2N6O2/c1-11-17(24)21(10-31-11)6-8-29(9-7-21)20-25-18-14(19(30)28(20)2)16(26-27-18)12-4-3-5-13(22)15(12)23/h3-5,11,14,16-18,20,25-27H,6-10,24H2,1-2H3/t11-,14?,16?,17+,18?,20?/m0/s1. The number of nitrogens with zero attached hydrogens (tertiary/aromatic N) is 2. The fraction of sp³-hybridized carbons (Fsp3) is 0.667. The monoisotopic (exact) mass is 436 g/mol. The van der Waals surface area contributed by atoms with Crippen LogP contribution < -0.4 is 21.9 Å². The lowest BCUT2D eigenvalue weighted by Crippen LogP contribution is -2.70. The first-order chi connectivity index (χ1) is 14.8. The molecule has 0 aromatic heterocycles. The van der Waals surface area contributed by atoms with E-state index in [-0.39, 0.29) is 35.3 Å². The summed E-state index contributed by atoms with van der Waals surface area (Å²) in [6, 6.07) is 3.41. The van der Waals surface area contributed by atoms with E-state index in [1.807, 2.05) is 6.92 Å². The molecule has 4 unspecified atom stereocenters. The zero-order chi connectivity index (χ0) is 21.9. The summed E-state index contributed by atoms with van der Waals surface area (Å²) in [6.07, 6.45) is 1.21. The molecule has 4 aliphatic heterocycles. The first-order valence-electron chi connectivity index (χ1n) is 10.9. The molecular weight excluding hydrogens is 406 g/mol. The number of nitrogens with two attached hydrogens (primary N) is 1. The van der Waals surface area contributed by atoms with Crippen molar-refractivity contribution in [1.82, 2.24) is 26.0 Å². The Bertz CT molecular complexity index is 864. The van der Waals surface area contributed by atoms with Crippen LogP contribution in [0.25, 0.3) is 0 Å². The second-order valence-electron chi connectivity index (χ2n) is 9.34. The predicted molar refractivity (Wildman–Crippen MR) is 109 cm³/mol. The summed E-state index contributed by atoms with van der Waals surface area (Å²) < 4.78 is 34.0. The number of amides is 1. The minimum absolute atomic E-state index is 0.00285. The smallest absolute Gasteiger partial charge is 0.232 e. The van der Waals surface area contributed by atoms with E-state index in [1.165, 1.54) is 12.1 Å². The van der Waals surface area contributed by atoms with Gasteiger partial charge in [0.2, 0.25) is 5.91 Å². The molecule has 8 nitrogen and oxygen atoms in total. The molecule has 0 bridgehead atoms. The van der Waals surface area contributed by atoms with Crippen LogP contribution >= 0.6 is 0 Å². The molecule has 1 amide bonds. The number of ether oxygens (including phenoxy) is 1. The number of nitrogens with one attached hydrogen (secondary N) is 3. The summed E-state index contributed by atoms with van der Waals surface area (Å²) in [5, 5.41) is 3.48. The van der Waals surface area contributed by atoms with Gasteiger partial charge in [0.25, 0.3) is 0 Å². The third-order valence-corrected chi connectivity index (χ3v) is 7.74. The Morgan fingerprint density at radius 3 is 2.65 bits per heavy atom. The Morgan fingerprint density at radius 2 is 1.97 bits per heavy atom. The van der Waals surface area contributed by atoms with E-state index in [0.717, 1.165) is 32.0 Å². The molecule has 0 saturated carbocycles. The average Bonchev–Trinajstić information content (AvgIpc) is 3.31. The first kappa shape index (κ1) is 21.2. The number of piperidine rings is 1. The van der Waals surface area contributed by atoms with E-state index in [4.69, 9.17) is 10.5 Å². The molecule has 4 saturated heterocycles. The van der Waals surface area contributed by atoms with Gasteiger partial charge in [0.15, 0.2) is 11.6 Å². The third kappa shape index (κ3) is 3.28. The van der Waals surface area contributed by atoms with Gasteiger partial charge in [-0.2, -0.15) is 0 Å². The highest BCUT2D eigenvalue weighted by atomic mass is 19.2. The number of hydrogen-bond donors (Lipinski definition) is 4. The molecule has 170 valence electrons. The molecule has 5 rings (SSSR count). The minimum atomic E-state index is -0.925. The lowest BCUT2D eigenvalue weighted by atomic mass is 9.73. The molecule has 1 aromatic carbocycles. The van der Waals surface area contributed by atoms with Gasteiger partial charge in [-0.15, -0.1) is 0 Å². The second-order valence-corrected chi connectivity index (χ2v) is 9.34. The maximum atomic E-state index is 14.4. The van der Waals surface area contributed by atoms with Crippen LogP contribution in [0.3, 0.4) is 0 Å². The van der Waals surface area contributed by atoms with Crippen LogP contribution in [0.1, 0.15) is 31.4 Å². The number of rotatable bonds is 2. The van der Waals surface area contributed by atoms with Crippen molar-refractivity contribution in [3.05, 3.63) is 35.4 Å². The van der Waals surface area contributed by atoms with Crippen molar-refractivity contribution in [2.75, 3.05) is 26.7 Å². The fourth-order valence-electron chi connectivity index (χ4n) is 5.68. The molecule has 31 heavy (non-hydrogen) atoms. The summed E-state index contributed by atoms with van der Waals surface area (Å²) in [6.45, 7) is 4.31. The van der Waals surface area contributed by atoms with E-state index in [1.54, 1.807) is 11.9 Å². The zero-order valence-electron chi connectivity index (χ0n) is 17.8. The van der Waals surface area contributed by atoms with Gasteiger partial charge in [0.1, 0.15) is 6.29 Å². The first-order valence-corrected chi connectivity index (χ1v) is 10.9. The average molecular weight is 437 g/mol. The molecule has 0 aliphatic carbocycles. The topological polar surface area (TPSA) is 94.9 Å². The SMILES string of the molecule is C[C@@H]1OCC2(CCN(C3NC4NNC(c5cccc(F)c5F)C4C(=O)N3C)CC2)[C@@H]1N. The van der Waals surface area contributed by atoms with Crippen LogP contribution in [-0.2, 0) is 9.53 Å². The van der Waals surface area contributed by atoms with Crippen LogP contribution in [0.4, 0.5) is 8.78 Å². The van der Waals surface area contributed by atoms with E-state index >= 15 is 0 Å². The van der Waals surface area contributed by atoms with Crippen molar-refractivity contribution in [3.63, 3.8) is 0 Å². The van der Waals surface area contributed by atoms with E-state index in [9.17, 15) is 13.6 Å². The molecule has 5 N–H and O–H groups in total. The van der Waals surface area contributed by atoms with Crippen LogP contribution in [-0.4, -0.2) is 67.1 Å². The maximum Gasteiger partial charge on any atom is 0.232 e. The van der Waals surface area contributed by atoms with Crippen molar-refractivity contribution in [2.45, 2.75) is 50.4 Å². The van der Waals surface area contributed by atoms with Gasteiger partial charge in [0.05, 0.1) is 30.8 Å². The lowest BCUT2D eigenvalue weighted by molar-refractivity contribution is -0.151. The molecule has 4 aliphatic rings. The Hall–Kier alpha value is -1.69. The Kier molecular flexibility index (Phi) is 5.27. The molecular formula is C21H30F2N6O2. The van der Waals surface area contributed by atoms with Crippen LogP contribution in [0.15, 0.2) is 18.2 Å². The second kappa shape index (κ2) is 7.72. The predicted octanol–water partition coefficient (Wildman–Crippen LogP) is 0.229. The molecule has 4 fully saturated rings. The van der Waals surface area contributed by atoms with Gasteiger partial charge in [0, 0.05) is 37.2 Å². The fourth-order valence-corrected chi connectivity index (χ4v) is 5.68. The molecule has 6 atom stereocenters. The van der Waals surface area contributed by atoms with Crippen molar-refractivity contribution in [1.29, 1.82) is 0 Å². The van der Waals surface area contributed by atoms with Crippen molar-refractivity contribution >= 4 is 5.91 Å². The van der Waals surface area contributed by atoms with Crippen LogP contribution in [0, 0.1) is 23.0 Å². The molecule has 4 heterocycles. The summed E-state index contributed by atoms with van der Waals surface area (Å²) in [5.41, 5.74) is 12.6. The normalized spacial score (nSPS) is 38.1. The zero-order valence-corrected chi connectivity index (χ0v) is 17.8. The summed E-state index contributed by atoms with van der Waals surface area (Å²) >= 11 is 0. The Balaban J connectivity index is 1.30. The highest BCUT2D eigenvalue weighted by molar-refractivity contribution is 5.82. The van der Waals surface area contributed by atoms with Gasteiger partial charge < -0.3 is 15.4 Å². The van der Waals surface area contributed by atoms with Crippen molar-refractivity contribution in [3.8, 4) is 0 Å². The van der Waals surface area contributed by atoms with Gasteiger partial charge >= 0.3 is 0 Å². The largest absolute Gasteiger partial charge is 0.376 e. The van der Waals surface area contributed by atoms with Gasteiger partial charge in [-0.25, -0.2) is 19.6 Å². The minimum Gasteiger partial charge on any atom is -0.376 e. The van der Waals surface area contributed by atoms with Crippen LogP contribution in [0.2, 0.25) is 0 Å². The number of benzene rings is 1. The number of likely N-dealkylation sites (tertiary alicyclic amines) is 1. The van der Waals surface area contributed by atoms with E-state index in [0.29, 0.717) is 6.61 Å². The highest BCUT2D eigenvalue weighted by Gasteiger charge is 2.53. The molecule has 0 radical (unpaired) electrons. The number of fused-ring (bicyclic) bond motifs is 1. The highest BCUT2D eigenvalue weighted by Crippen LogP contribution is 2.42. The van der Waals surface area contributed by atoms with Crippen molar-refractivity contribution in [2.24, 2.45) is 17.1 Å². The Labute approximate surface area is 180 Å².